The standard InChI is InChI=1S/C10H7Cl2N3S.C9H21N/c1-2-8-7(3-4-16-8)14-9-6(11)5-13-10(12)15-9;1-8(2,3)7-9(4,5)10-6/h2-5H,1H2,(H,13,14,15);10H,7H2,1-6H3. The van der Waals surface area contributed by atoms with Crippen LogP contribution in [0.25, 0.3) is 6.08 Å². The molecule has 0 unspecified atom stereocenters. The molecule has 0 aliphatic heterocycles. The highest BCUT2D eigenvalue weighted by atomic mass is 35.5. The summed E-state index contributed by atoms with van der Waals surface area (Å²) in [6.45, 7) is 15.0. The normalized spacial score (nSPS) is 11.5. The quantitative estimate of drug-likeness (QED) is 0.537. The van der Waals surface area contributed by atoms with E-state index in [1.165, 1.54) is 12.6 Å². The number of hydrogen-bond acceptors (Lipinski definition) is 5. The van der Waals surface area contributed by atoms with Gasteiger partial charge in [-0.15, -0.1) is 11.3 Å². The van der Waals surface area contributed by atoms with Crippen molar-refractivity contribution in [2.24, 2.45) is 5.41 Å². The number of nitrogens with one attached hydrogen (secondary N) is 2. The molecule has 0 bridgehead atoms. The van der Waals surface area contributed by atoms with E-state index < -0.39 is 0 Å². The first-order chi connectivity index (χ1) is 12.0. The fourth-order valence-corrected chi connectivity index (χ4v) is 3.52. The Morgan fingerprint density at radius 3 is 2.38 bits per heavy atom. The van der Waals surface area contributed by atoms with Crippen molar-refractivity contribution in [1.82, 2.24) is 15.3 Å². The number of anilines is 2. The van der Waals surface area contributed by atoms with Gasteiger partial charge in [-0.3, -0.25) is 0 Å². The van der Waals surface area contributed by atoms with Crippen molar-refractivity contribution < 1.29 is 0 Å². The summed E-state index contributed by atoms with van der Waals surface area (Å²) < 4.78 is 0. The average Bonchev–Trinajstić information content (AvgIpc) is 2.96. The summed E-state index contributed by atoms with van der Waals surface area (Å²) in [5.74, 6) is 0.489. The second-order valence-corrected chi connectivity index (χ2v) is 9.43. The summed E-state index contributed by atoms with van der Waals surface area (Å²) in [5.41, 5.74) is 1.60. The molecule has 0 aromatic carbocycles. The molecule has 144 valence electrons. The Hall–Kier alpha value is -1.14. The molecule has 2 rings (SSSR count). The van der Waals surface area contributed by atoms with Crippen molar-refractivity contribution in [3.05, 3.63) is 39.4 Å². The third-order valence-corrected chi connectivity index (χ3v) is 4.87. The molecule has 2 aromatic heterocycles. The van der Waals surface area contributed by atoms with Crippen LogP contribution in [0.2, 0.25) is 10.3 Å². The van der Waals surface area contributed by atoms with Crippen LogP contribution in [0.4, 0.5) is 11.5 Å². The molecule has 0 saturated carbocycles. The van der Waals surface area contributed by atoms with Crippen LogP contribution in [0.3, 0.4) is 0 Å². The molecule has 0 aliphatic rings. The Balaban J connectivity index is 0.000000294. The predicted molar refractivity (Wildman–Crippen MR) is 117 cm³/mol. The fourth-order valence-electron chi connectivity index (χ4n) is 2.56. The van der Waals surface area contributed by atoms with Crippen LogP contribution in [-0.4, -0.2) is 22.6 Å². The maximum absolute atomic E-state index is 5.94. The van der Waals surface area contributed by atoms with Crippen LogP contribution in [0.5, 0.6) is 0 Å². The van der Waals surface area contributed by atoms with Gasteiger partial charge in [0.2, 0.25) is 5.28 Å². The lowest BCUT2D eigenvalue weighted by Gasteiger charge is -2.31. The van der Waals surface area contributed by atoms with Crippen molar-refractivity contribution >= 4 is 52.1 Å². The molecule has 0 amide bonds. The lowest BCUT2D eigenvalue weighted by molar-refractivity contribution is 0.254. The molecule has 0 spiro atoms. The minimum atomic E-state index is 0.155. The van der Waals surface area contributed by atoms with Gasteiger partial charge >= 0.3 is 0 Å². The van der Waals surface area contributed by atoms with E-state index in [0.29, 0.717) is 16.3 Å². The van der Waals surface area contributed by atoms with E-state index in [4.69, 9.17) is 23.2 Å². The number of hydrogen-bond donors (Lipinski definition) is 2. The monoisotopic (exact) mass is 414 g/mol. The molecule has 4 nitrogen and oxygen atoms in total. The lowest BCUT2D eigenvalue weighted by Crippen LogP contribution is -2.39. The Kier molecular flexibility index (Phi) is 8.54. The lowest BCUT2D eigenvalue weighted by atomic mass is 9.82. The van der Waals surface area contributed by atoms with E-state index in [-0.39, 0.29) is 10.8 Å². The van der Waals surface area contributed by atoms with Gasteiger partial charge in [-0.2, -0.15) is 4.98 Å². The zero-order valence-electron chi connectivity index (χ0n) is 16.3. The fraction of sp³-hybridized carbons (Fsp3) is 0.474. The van der Waals surface area contributed by atoms with Crippen molar-refractivity contribution in [2.75, 3.05) is 12.4 Å². The maximum atomic E-state index is 5.94. The van der Waals surface area contributed by atoms with Gasteiger partial charge in [-0.05, 0) is 55.8 Å². The van der Waals surface area contributed by atoms with E-state index in [1.807, 2.05) is 18.5 Å². The molecular weight excluding hydrogens is 387 g/mol. The topological polar surface area (TPSA) is 49.8 Å². The molecule has 0 atom stereocenters. The SMILES string of the molecule is C=Cc1sccc1Nc1nc(Cl)ncc1Cl.CNC(C)(C)CC(C)(C)C. The average molecular weight is 415 g/mol. The Morgan fingerprint density at radius 2 is 1.88 bits per heavy atom. The predicted octanol–water partition coefficient (Wildman–Crippen LogP) is 6.65. The highest BCUT2D eigenvalue weighted by molar-refractivity contribution is 7.11. The molecule has 0 saturated heterocycles. The highest BCUT2D eigenvalue weighted by Gasteiger charge is 2.22. The Bertz CT molecular complexity index is 721. The summed E-state index contributed by atoms with van der Waals surface area (Å²) in [5, 5.41) is 8.91. The second-order valence-electron chi connectivity index (χ2n) is 7.73. The summed E-state index contributed by atoms with van der Waals surface area (Å²) >= 11 is 13.2. The number of aromatic nitrogens is 2. The molecule has 0 radical (unpaired) electrons. The van der Waals surface area contributed by atoms with Crippen LogP contribution in [0, 0.1) is 5.41 Å². The minimum absolute atomic E-state index is 0.155. The van der Waals surface area contributed by atoms with E-state index in [1.54, 1.807) is 17.4 Å². The van der Waals surface area contributed by atoms with Gasteiger partial charge in [0, 0.05) is 10.4 Å². The molecule has 26 heavy (non-hydrogen) atoms. The van der Waals surface area contributed by atoms with Crippen LogP contribution >= 0.6 is 34.5 Å². The molecule has 0 aliphatic carbocycles. The Morgan fingerprint density at radius 1 is 1.23 bits per heavy atom. The number of nitrogens with zero attached hydrogens (tertiary/aromatic N) is 2. The third kappa shape index (κ3) is 8.04. The van der Waals surface area contributed by atoms with Crippen molar-refractivity contribution in [1.29, 1.82) is 0 Å². The van der Waals surface area contributed by atoms with Gasteiger partial charge < -0.3 is 10.6 Å². The van der Waals surface area contributed by atoms with Gasteiger partial charge in [0.25, 0.3) is 0 Å². The Labute approximate surface area is 171 Å². The van der Waals surface area contributed by atoms with Crippen molar-refractivity contribution in [3.63, 3.8) is 0 Å². The molecule has 2 heterocycles. The minimum Gasteiger partial charge on any atom is -0.338 e. The van der Waals surface area contributed by atoms with Gasteiger partial charge in [0.05, 0.1) is 11.9 Å². The largest absolute Gasteiger partial charge is 0.338 e. The number of thiophene rings is 1. The highest BCUT2D eigenvalue weighted by Crippen LogP contribution is 2.29. The first kappa shape index (κ1) is 22.9. The van der Waals surface area contributed by atoms with E-state index in [0.717, 1.165) is 10.6 Å². The van der Waals surface area contributed by atoms with Gasteiger partial charge in [-0.25, -0.2) is 4.98 Å². The summed E-state index contributed by atoms with van der Waals surface area (Å²) in [4.78, 5) is 8.80. The smallest absolute Gasteiger partial charge is 0.224 e. The molecular formula is C19H28Cl2N4S. The van der Waals surface area contributed by atoms with Crippen LogP contribution < -0.4 is 10.6 Å². The van der Waals surface area contributed by atoms with Gasteiger partial charge in [0.15, 0.2) is 5.82 Å². The van der Waals surface area contributed by atoms with Crippen molar-refractivity contribution in [3.8, 4) is 0 Å². The van der Waals surface area contributed by atoms with Crippen molar-refractivity contribution in [2.45, 2.75) is 46.6 Å². The van der Waals surface area contributed by atoms with Crippen LogP contribution in [-0.2, 0) is 0 Å². The van der Waals surface area contributed by atoms with Gasteiger partial charge in [-0.1, -0.05) is 45.0 Å². The van der Waals surface area contributed by atoms with Crippen LogP contribution in [0.15, 0.2) is 24.2 Å². The number of halogens is 2. The third-order valence-electron chi connectivity index (χ3n) is 3.50. The van der Waals surface area contributed by atoms with E-state index in [9.17, 15) is 0 Å². The molecule has 2 N–H and O–H groups in total. The maximum Gasteiger partial charge on any atom is 0.224 e. The molecule has 7 heteroatoms. The summed E-state index contributed by atoms with van der Waals surface area (Å²) in [7, 11) is 2.02. The zero-order chi connectivity index (χ0) is 20.0. The first-order valence-electron chi connectivity index (χ1n) is 8.31. The van der Waals surface area contributed by atoms with Crippen LogP contribution in [0.1, 0.15) is 45.9 Å². The first-order valence-corrected chi connectivity index (χ1v) is 9.95. The van der Waals surface area contributed by atoms with Gasteiger partial charge in [0.1, 0.15) is 5.02 Å². The molecule has 2 aromatic rings. The summed E-state index contributed by atoms with van der Waals surface area (Å²) in [6.07, 6.45) is 4.43. The number of rotatable bonds is 5. The van der Waals surface area contributed by atoms with E-state index >= 15 is 0 Å². The summed E-state index contributed by atoms with van der Waals surface area (Å²) in [6, 6.07) is 1.92. The second kappa shape index (κ2) is 9.70. The molecule has 0 fully saturated rings. The van der Waals surface area contributed by atoms with E-state index in [2.05, 4.69) is 61.8 Å². The zero-order valence-corrected chi connectivity index (χ0v) is 18.6.